The van der Waals surface area contributed by atoms with Gasteiger partial charge in [-0.25, -0.2) is 0 Å². The molecule has 0 aliphatic heterocycles. The molecular formula is C14H23NO3. The summed E-state index contributed by atoms with van der Waals surface area (Å²) in [5, 5.41) is 0. The molecule has 0 saturated carbocycles. The number of rotatable bonds is 8. The van der Waals surface area contributed by atoms with Crippen molar-refractivity contribution in [1.29, 1.82) is 0 Å². The molecule has 4 heteroatoms. The van der Waals surface area contributed by atoms with E-state index in [0.717, 1.165) is 17.9 Å². The maximum atomic E-state index is 5.73. The molecule has 0 aliphatic carbocycles. The Morgan fingerprint density at radius 1 is 1.17 bits per heavy atom. The molecular weight excluding hydrogens is 230 g/mol. The largest absolute Gasteiger partial charge is 0.493 e. The van der Waals surface area contributed by atoms with Gasteiger partial charge < -0.3 is 19.9 Å². The van der Waals surface area contributed by atoms with E-state index in [1.54, 1.807) is 7.11 Å². The first-order valence-corrected chi connectivity index (χ1v) is 6.25. The van der Waals surface area contributed by atoms with Crippen molar-refractivity contribution in [2.24, 2.45) is 5.73 Å². The maximum Gasteiger partial charge on any atom is 0.161 e. The number of nitrogens with two attached hydrogens (primary N) is 1. The lowest BCUT2D eigenvalue weighted by Crippen LogP contribution is -2.38. The van der Waals surface area contributed by atoms with Crippen molar-refractivity contribution in [3.05, 3.63) is 24.3 Å². The number of hydrogen-bond acceptors (Lipinski definition) is 4. The van der Waals surface area contributed by atoms with Crippen LogP contribution in [0.1, 0.15) is 20.3 Å². The Morgan fingerprint density at radius 2 is 1.83 bits per heavy atom. The second-order valence-electron chi connectivity index (χ2n) is 4.36. The fourth-order valence-electron chi connectivity index (χ4n) is 1.48. The molecule has 0 heterocycles. The number of ether oxygens (including phenoxy) is 3. The minimum atomic E-state index is -0.260. The van der Waals surface area contributed by atoms with Crippen LogP contribution in [0, 0.1) is 0 Å². The van der Waals surface area contributed by atoms with Gasteiger partial charge in [0.2, 0.25) is 0 Å². The van der Waals surface area contributed by atoms with Crippen LogP contribution in [0.5, 0.6) is 11.5 Å². The van der Waals surface area contributed by atoms with E-state index in [1.165, 1.54) is 0 Å². The third-order valence-electron chi connectivity index (χ3n) is 3.04. The summed E-state index contributed by atoms with van der Waals surface area (Å²) in [4.78, 5) is 0. The molecule has 0 aromatic heterocycles. The molecule has 0 saturated heterocycles. The van der Waals surface area contributed by atoms with Gasteiger partial charge in [0.05, 0.1) is 19.3 Å². The Labute approximate surface area is 109 Å². The molecule has 102 valence electrons. The van der Waals surface area contributed by atoms with Gasteiger partial charge in [0.25, 0.3) is 0 Å². The molecule has 0 spiro atoms. The lowest BCUT2D eigenvalue weighted by atomic mass is 10.0. The fraction of sp³-hybridized carbons (Fsp3) is 0.571. The number of methoxy groups -OCH3 is 1. The monoisotopic (exact) mass is 253 g/mol. The van der Waals surface area contributed by atoms with E-state index in [1.807, 2.05) is 31.2 Å². The first-order valence-electron chi connectivity index (χ1n) is 6.25. The zero-order valence-electron chi connectivity index (χ0n) is 11.4. The highest BCUT2D eigenvalue weighted by Crippen LogP contribution is 2.25. The summed E-state index contributed by atoms with van der Waals surface area (Å²) < 4.78 is 16.6. The predicted molar refractivity (Wildman–Crippen MR) is 72.2 cm³/mol. The summed E-state index contributed by atoms with van der Waals surface area (Å²) in [6.07, 6.45) is 0.887. The zero-order valence-corrected chi connectivity index (χ0v) is 11.4. The van der Waals surface area contributed by atoms with Gasteiger partial charge in [0, 0.05) is 6.54 Å². The second-order valence-corrected chi connectivity index (χ2v) is 4.36. The number of hydrogen-bond donors (Lipinski definition) is 1. The van der Waals surface area contributed by atoms with E-state index in [4.69, 9.17) is 19.9 Å². The normalized spacial score (nSPS) is 14.0. The van der Waals surface area contributed by atoms with Gasteiger partial charge in [-0.3, -0.25) is 0 Å². The van der Waals surface area contributed by atoms with E-state index >= 15 is 0 Å². The molecule has 0 radical (unpaired) electrons. The van der Waals surface area contributed by atoms with Gasteiger partial charge in [0.15, 0.2) is 11.5 Å². The quantitative estimate of drug-likeness (QED) is 0.722. The Kier molecular flexibility index (Phi) is 5.95. The van der Waals surface area contributed by atoms with Gasteiger partial charge in [-0.2, -0.15) is 0 Å². The Balaban J connectivity index is 2.38. The molecule has 1 aromatic carbocycles. The van der Waals surface area contributed by atoms with Crippen LogP contribution in [-0.4, -0.2) is 32.5 Å². The molecule has 0 amide bonds. The van der Waals surface area contributed by atoms with Crippen LogP contribution in [0.25, 0.3) is 0 Å². The van der Waals surface area contributed by atoms with Crippen LogP contribution in [0.15, 0.2) is 24.3 Å². The summed E-state index contributed by atoms with van der Waals surface area (Å²) in [7, 11) is 1.63. The van der Waals surface area contributed by atoms with E-state index in [2.05, 4.69) is 6.92 Å². The van der Waals surface area contributed by atoms with Gasteiger partial charge in [-0.1, -0.05) is 19.1 Å². The first kappa shape index (κ1) is 14.8. The highest BCUT2D eigenvalue weighted by molar-refractivity contribution is 5.39. The third-order valence-corrected chi connectivity index (χ3v) is 3.04. The topological polar surface area (TPSA) is 53.7 Å². The second kappa shape index (κ2) is 7.24. The molecule has 1 aromatic rings. The molecule has 1 atom stereocenters. The summed E-state index contributed by atoms with van der Waals surface area (Å²) in [6.45, 7) is 5.58. The van der Waals surface area contributed by atoms with Crippen LogP contribution in [-0.2, 0) is 4.74 Å². The van der Waals surface area contributed by atoms with Crippen LogP contribution < -0.4 is 15.2 Å². The average molecular weight is 253 g/mol. The smallest absolute Gasteiger partial charge is 0.161 e. The number of benzene rings is 1. The van der Waals surface area contributed by atoms with Gasteiger partial charge in [-0.15, -0.1) is 0 Å². The maximum absolute atomic E-state index is 5.73. The van der Waals surface area contributed by atoms with Crippen molar-refractivity contribution in [1.82, 2.24) is 0 Å². The molecule has 1 unspecified atom stereocenters. The van der Waals surface area contributed by atoms with Crippen LogP contribution >= 0.6 is 0 Å². The molecule has 0 bridgehead atoms. The Bertz CT molecular complexity index is 351. The lowest BCUT2D eigenvalue weighted by Gasteiger charge is -2.26. The van der Waals surface area contributed by atoms with E-state index < -0.39 is 0 Å². The van der Waals surface area contributed by atoms with Crippen molar-refractivity contribution in [2.45, 2.75) is 25.9 Å². The third kappa shape index (κ3) is 4.20. The molecule has 18 heavy (non-hydrogen) atoms. The van der Waals surface area contributed by atoms with Crippen molar-refractivity contribution < 1.29 is 14.2 Å². The molecule has 0 aliphatic rings. The van der Waals surface area contributed by atoms with Crippen molar-refractivity contribution >= 4 is 0 Å². The SMILES string of the molecule is CCC(C)(CN)OCCOc1ccccc1OC. The Morgan fingerprint density at radius 3 is 2.39 bits per heavy atom. The number of para-hydroxylation sites is 2. The summed E-state index contributed by atoms with van der Waals surface area (Å²) >= 11 is 0. The van der Waals surface area contributed by atoms with Crippen LogP contribution in [0.3, 0.4) is 0 Å². The van der Waals surface area contributed by atoms with Gasteiger partial charge in [0.1, 0.15) is 6.61 Å². The molecule has 0 fully saturated rings. The molecule has 2 N–H and O–H groups in total. The lowest BCUT2D eigenvalue weighted by molar-refractivity contribution is -0.0385. The predicted octanol–water partition coefficient (Wildman–Crippen LogP) is 2.22. The molecule has 4 nitrogen and oxygen atoms in total. The highest BCUT2D eigenvalue weighted by Gasteiger charge is 2.20. The summed E-state index contributed by atoms with van der Waals surface area (Å²) in [5.41, 5.74) is 5.41. The average Bonchev–Trinajstić information content (AvgIpc) is 2.43. The summed E-state index contributed by atoms with van der Waals surface area (Å²) in [5.74, 6) is 1.46. The van der Waals surface area contributed by atoms with Crippen molar-refractivity contribution in [3.8, 4) is 11.5 Å². The van der Waals surface area contributed by atoms with Crippen molar-refractivity contribution in [2.75, 3.05) is 26.9 Å². The van der Waals surface area contributed by atoms with Crippen LogP contribution in [0.4, 0.5) is 0 Å². The van der Waals surface area contributed by atoms with Crippen molar-refractivity contribution in [3.63, 3.8) is 0 Å². The van der Waals surface area contributed by atoms with E-state index in [9.17, 15) is 0 Å². The van der Waals surface area contributed by atoms with E-state index in [-0.39, 0.29) is 5.60 Å². The first-order chi connectivity index (χ1) is 8.65. The minimum Gasteiger partial charge on any atom is -0.493 e. The standard InChI is InChI=1S/C14H23NO3/c1-4-14(2,11-15)18-10-9-17-13-8-6-5-7-12(13)16-3/h5-8H,4,9-11,15H2,1-3H3. The van der Waals surface area contributed by atoms with Crippen LogP contribution in [0.2, 0.25) is 0 Å². The highest BCUT2D eigenvalue weighted by atomic mass is 16.5. The van der Waals surface area contributed by atoms with Gasteiger partial charge >= 0.3 is 0 Å². The Hall–Kier alpha value is -1.26. The summed E-state index contributed by atoms with van der Waals surface area (Å²) in [6, 6.07) is 7.56. The fourth-order valence-corrected chi connectivity index (χ4v) is 1.48. The minimum absolute atomic E-state index is 0.260. The van der Waals surface area contributed by atoms with Gasteiger partial charge in [-0.05, 0) is 25.5 Å². The zero-order chi connectivity index (χ0) is 13.4. The molecule has 1 rings (SSSR count). The van der Waals surface area contributed by atoms with E-state index in [0.29, 0.717) is 19.8 Å².